The van der Waals surface area contributed by atoms with Crippen molar-refractivity contribution in [3.63, 3.8) is 0 Å². The minimum Gasteiger partial charge on any atom is -0.481 e. The number of aromatic nitrogens is 2. The van der Waals surface area contributed by atoms with Crippen molar-refractivity contribution in [1.82, 2.24) is 9.97 Å². The second-order valence-corrected chi connectivity index (χ2v) is 3.00. The maximum atomic E-state index is 9.00. The molecule has 1 N–H and O–H groups in total. The van der Waals surface area contributed by atoms with Crippen molar-refractivity contribution in [3.8, 4) is 0 Å². The fourth-order valence-corrected chi connectivity index (χ4v) is 1.06. The van der Waals surface area contributed by atoms with E-state index >= 15 is 0 Å². The maximum Gasteiger partial charge on any atom is 0.300 e. The number of hydrogen-bond acceptors (Lipinski definition) is 3. The molecule has 78 valence electrons. The highest BCUT2D eigenvalue weighted by molar-refractivity contribution is 5.77. The van der Waals surface area contributed by atoms with Crippen LogP contribution in [0.5, 0.6) is 0 Å². The lowest BCUT2D eigenvalue weighted by Gasteiger charge is -1.95. The first-order valence-corrected chi connectivity index (χ1v) is 4.47. The third-order valence-corrected chi connectivity index (χ3v) is 1.61. The van der Waals surface area contributed by atoms with Crippen molar-refractivity contribution >= 4 is 16.9 Å². The summed E-state index contributed by atoms with van der Waals surface area (Å²) in [6, 6.07) is 7.97. The van der Waals surface area contributed by atoms with E-state index < -0.39 is 5.97 Å². The minimum atomic E-state index is -0.833. The second kappa shape index (κ2) is 5.05. The van der Waals surface area contributed by atoms with Crippen LogP contribution in [-0.4, -0.2) is 21.0 Å². The molecule has 0 aliphatic carbocycles. The molecule has 0 radical (unpaired) electrons. The molecule has 4 heteroatoms. The van der Waals surface area contributed by atoms with Gasteiger partial charge in [-0.2, -0.15) is 0 Å². The van der Waals surface area contributed by atoms with Crippen molar-refractivity contribution in [1.29, 1.82) is 0 Å². The number of rotatable bonds is 0. The summed E-state index contributed by atoms with van der Waals surface area (Å²) in [5, 5.41) is 8.51. The van der Waals surface area contributed by atoms with Crippen LogP contribution in [-0.2, 0) is 4.79 Å². The van der Waals surface area contributed by atoms with Gasteiger partial charge < -0.3 is 5.11 Å². The number of hydrogen-bond donors (Lipinski definition) is 1. The summed E-state index contributed by atoms with van der Waals surface area (Å²) in [6.07, 6.45) is 1.84. The molecule has 0 atom stereocenters. The molecule has 1 heterocycles. The molecule has 0 aliphatic heterocycles. The summed E-state index contributed by atoms with van der Waals surface area (Å²) in [7, 11) is 0. The van der Waals surface area contributed by atoms with Crippen LogP contribution in [0.15, 0.2) is 30.5 Å². The molecule has 0 saturated heterocycles. The zero-order chi connectivity index (χ0) is 11.3. The van der Waals surface area contributed by atoms with Crippen molar-refractivity contribution < 1.29 is 9.90 Å². The van der Waals surface area contributed by atoms with E-state index in [1.54, 1.807) is 0 Å². The van der Waals surface area contributed by atoms with Crippen molar-refractivity contribution in [2.75, 3.05) is 0 Å². The van der Waals surface area contributed by atoms with Crippen LogP contribution in [0.25, 0.3) is 10.9 Å². The third-order valence-electron chi connectivity index (χ3n) is 1.61. The van der Waals surface area contributed by atoms with E-state index in [1.165, 1.54) is 0 Å². The first-order chi connectivity index (χ1) is 7.09. The quantitative estimate of drug-likeness (QED) is 0.713. The molecule has 1 aromatic heterocycles. The molecule has 0 bridgehead atoms. The van der Waals surface area contributed by atoms with E-state index in [-0.39, 0.29) is 0 Å². The first kappa shape index (κ1) is 11.1. The highest BCUT2D eigenvalue weighted by atomic mass is 16.4. The largest absolute Gasteiger partial charge is 0.481 e. The number of carboxylic acids is 1. The Labute approximate surface area is 87.6 Å². The molecule has 0 fully saturated rings. The Morgan fingerprint density at radius 1 is 1.33 bits per heavy atom. The van der Waals surface area contributed by atoms with Crippen molar-refractivity contribution in [2.24, 2.45) is 0 Å². The average molecular weight is 204 g/mol. The topological polar surface area (TPSA) is 63.1 Å². The lowest BCUT2D eigenvalue weighted by molar-refractivity contribution is -0.134. The van der Waals surface area contributed by atoms with E-state index in [1.807, 2.05) is 37.4 Å². The molecular formula is C11H12N2O2. The minimum absolute atomic E-state index is 0.823. The van der Waals surface area contributed by atoms with Crippen molar-refractivity contribution in [3.05, 3.63) is 36.3 Å². The molecule has 0 spiro atoms. The van der Waals surface area contributed by atoms with E-state index in [0.29, 0.717) is 0 Å². The van der Waals surface area contributed by atoms with Gasteiger partial charge in [-0.25, -0.2) is 9.97 Å². The normalized spacial score (nSPS) is 9.20. The van der Waals surface area contributed by atoms with Crippen LogP contribution in [0.1, 0.15) is 12.7 Å². The van der Waals surface area contributed by atoms with Crippen LogP contribution in [0.3, 0.4) is 0 Å². The number of carboxylic acid groups (broad SMARTS) is 1. The van der Waals surface area contributed by atoms with Gasteiger partial charge in [-0.3, -0.25) is 4.79 Å². The SMILES string of the molecule is CC(=O)O.Cc1ncc2ccccc2n1. The number of nitrogens with zero attached hydrogens (tertiary/aromatic N) is 2. The molecule has 4 nitrogen and oxygen atoms in total. The van der Waals surface area contributed by atoms with Crippen molar-refractivity contribution in [2.45, 2.75) is 13.8 Å². The molecule has 0 unspecified atom stereocenters. The summed E-state index contributed by atoms with van der Waals surface area (Å²) in [5.41, 5.74) is 1.01. The van der Waals surface area contributed by atoms with Gasteiger partial charge in [-0.15, -0.1) is 0 Å². The molecule has 0 amide bonds. The molecule has 0 saturated carbocycles. The van der Waals surface area contributed by atoms with Crippen LogP contribution in [0.4, 0.5) is 0 Å². The number of fused-ring (bicyclic) bond motifs is 1. The molecule has 2 rings (SSSR count). The number of carbonyl (C=O) groups is 1. The number of aliphatic carboxylic acids is 1. The van der Waals surface area contributed by atoms with Gasteiger partial charge in [0.1, 0.15) is 5.82 Å². The van der Waals surface area contributed by atoms with Gasteiger partial charge in [-0.05, 0) is 13.0 Å². The fraction of sp³-hybridized carbons (Fsp3) is 0.182. The van der Waals surface area contributed by atoms with Crippen LogP contribution in [0.2, 0.25) is 0 Å². The molecule has 2 aromatic rings. The second-order valence-electron chi connectivity index (χ2n) is 3.00. The highest BCUT2D eigenvalue weighted by Crippen LogP contribution is 2.08. The summed E-state index contributed by atoms with van der Waals surface area (Å²) >= 11 is 0. The summed E-state index contributed by atoms with van der Waals surface area (Å²) in [4.78, 5) is 17.4. The monoisotopic (exact) mass is 204 g/mol. The Kier molecular flexibility index (Phi) is 3.74. The maximum absolute atomic E-state index is 9.00. The zero-order valence-electron chi connectivity index (χ0n) is 8.64. The fourth-order valence-electron chi connectivity index (χ4n) is 1.06. The number of para-hydroxylation sites is 1. The van der Waals surface area contributed by atoms with Crippen LogP contribution >= 0.6 is 0 Å². The predicted molar refractivity (Wildman–Crippen MR) is 57.6 cm³/mol. The van der Waals surface area contributed by atoms with Gasteiger partial charge >= 0.3 is 0 Å². The van der Waals surface area contributed by atoms with Gasteiger partial charge in [0.15, 0.2) is 0 Å². The summed E-state index contributed by atoms with van der Waals surface area (Å²) < 4.78 is 0. The Hall–Kier alpha value is -1.97. The lowest BCUT2D eigenvalue weighted by Crippen LogP contribution is -1.86. The molecule has 1 aromatic carbocycles. The Morgan fingerprint density at radius 2 is 1.93 bits per heavy atom. The average Bonchev–Trinajstić information content (AvgIpc) is 2.16. The van der Waals surface area contributed by atoms with E-state index in [0.717, 1.165) is 23.7 Å². The smallest absolute Gasteiger partial charge is 0.300 e. The van der Waals surface area contributed by atoms with E-state index in [9.17, 15) is 0 Å². The first-order valence-electron chi connectivity index (χ1n) is 4.47. The third kappa shape index (κ3) is 3.72. The molecular weight excluding hydrogens is 192 g/mol. The predicted octanol–water partition coefficient (Wildman–Crippen LogP) is 2.03. The lowest BCUT2D eigenvalue weighted by atomic mass is 10.2. The summed E-state index contributed by atoms with van der Waals surface area (Å²) in [5.74, 6) is -0.0105. The Bertz CT molecular complexity index is 465. The van der Waals surface area contributed by atoms with Gasteiger partial charge in [0.05, 0.1) is 5.52 Å². The Morgan fingerprint density at radius 3 is 2.60 bits per heavy atom. The number of benzene rings is 1. The molecule has 15 heavy (non-hydrogen) atoms. The van der Waals surface area contributed by atoms with Gasteiger partial charge in [0, 0.05) is 18.5 Å². The standard InChI is InChI=1S/C9H8N2.C2H4O2/c1-7-10-6-8-4-2-3-5-9(8)11-7;1-2(3)4/h2-6H,1H3;1H3,(H,3,4). The molecule has 0 aliphatic rings. The summed E-state index contributed by atoms with van der Waals surface area (Å²) in [6.45, 7) is 2.98. The Balaban J connectivity index is 0.000000245. The van der Waals surface area contributed by atoms with E-state index in [2.05, 4.69) is 9.97 Å². The highest BCUT2D eigenvalue weighted by Gasteiger charge is 1.92. The van der Waals surface area contributed by atoms with Crippen LogP contribution in [0, 0.1) is 6.92 Å². The van der Waals surface area contributed by atoms with Gasteiger partial charge in [-0.1, -0.05) is 18.2 Å². The number of aryl methyl sites for hydroxylation is 1. The van der Waals surface area contributed by atoms with Crippen LogP contribution < -0.4 is 0 Å². The van der Waals surface area contributed by atoms with Gasteiger partial charge in [0.25, 0.3) is 5.97 Å². The van der Waals surface area contributed by atoms with Gasteiger partial charge in [0.2, 0.25) is 0 Å². The zero-order valence-corrected chi connectivity index (χ0v) is 8.64. The van der Waals surface area contributed by atoms with E-state index in [4.69, 9.17) is 9.90 Å².